The van der Waals surface area contributed by atoms with Gasteiger partial charge in [0.1, 0.15) is 5.75 Å². The molecule has 2 saturated heterocycles. The number of hydrogen-bond acceptors (Lipinski definition) is 4. The predicted molar refractivity (Wildman–Crippen MR) is 78.5 cm³/mol. The third-order valence-corrected chi connectivity index (χ3v) is 4.86. The van der Waals surface area contributed by atoms with Crippen LogP contribution in [0.25, 0.3) is 0 Å². The molecule has 0 saturated carbocycles. The van der Waals surface area contributed by atoms with Crippen LogP contribution >= 0.6 is 23.7 Å². The monoisotopic (exact) mass is 302 g/mol. The first-order chi connectivity index (χ1) is 8.78. The van der Waals surface area contributed by atoms with Gasteiger partial charge in [-0.15, -0.1) is 23.7 Å². The number of piperidine rings is 1. The van der Waals surface area contributed by atoms with Gasteiger partial charge in [-0.1, -0.05) is 0 Å². The van der Waals surface area contributed by atoms with Gasteiger partial charge in [0.15, 0.2) is 0 Å². The van der Waals surface area contributed by atoms with Crippen molar-refractivity contribution in [3.63, 3.8) is 0 Å². The molecule has 106 valence electrons. The Morgan fingerprint density at radius 3 is 3.11 bits per heavy atom. The number of halogens is 1. The maximum absolute atomic E-state index is 12.4. The zero-order valence-corrected chi connectivity index (χ0v) is 12.6. The highest BCUT2D eigenvalue weighted by Crippen LogP contribution is 2.28. The number of thiophene rings is 1. The van der Waals surface area contributed by atoms with Crippen LogP contribution in [0.3, 0.4) is 0 Å². The average molecular weight is 303 g/mol. The number of hydrogen-bond donors (Lipinski definition) is 1. The minimum atomic E-state index is 0. The van der Waals surface area contributed by atoms with Crippen LogP contribution in [-0.4, -0.2) is 43.6 Å². The maximum atomic E-state index is 12.4. The molecule has 0 bridgehead atoms. The third kappa shape index (κ3) is 2.88. The van der Waals surface area contributed by atoms with Crippen LogP contribution in [0.1, 0.15) is 22.5 Å². The first-order valence-electron chi connectivity index (χ1n) is 6.43. The highest BCUT2D eigenvalue weighted by Gasteiger charge is 2.34. The van der Waals surface area contributed by atoms with E-state index < -0.39 is 0 Å². The van der Waals surface area contributed by atoms with Crippen molar-refractivity contribution in [3.8, 4) is 5.75 Å². The number of nitrogens with one attached hydrogen (secondary N) is 1. The number of carbonyl (C=O) groups excluding carboxylic acids is 1. The van der Waals surface area contributed by atoms with Crippen molar-refractivity contribution in [2.24, 2.45) is 5.92 Å². The Labute approximate surface area is 123 Å². The first-order valence-corrected chi connectivity index (χ1v) is 7.31. The molecule has 2 fully saturated rings. The molecule has 1 aromatic rings. The standard InChI is InChI=1S/C13H18N2O2S.ClH/c1-17-10-6-12(18-8-10)13(16)15-5-3-11-9(7-15)2-4-14-11;/h6,8-9,11,14H,2-5,7H2,1H3;1H. The summed E-state index contributed by atoms with van der Waals surface area (Å²) in [6.07, 6.45) is 2.28. The lowest BCUT2D eigenvalue weighted by atomic mass is 9.93. The number of fused-ring (bicyclic) bond motifs is 1. The van der Waals surface area contributed by atoms with Crippen LogP contribution in [0.5, 0.6) is 5.75 Å². The van der Waals surface area contributed by atoms with Crippen LogP contribution in [0, 0.1) is 5.92 Å². The SMILES string of the molecule is COc1csc(C(=O)N2CCC3NCCC3C2)c1.Cl. The minimum absolute atomic E-state index is 0. The molecular weight excluding hydrogens is 284 g/mol. The molecule has 1 aromatic heterocycles. The Morgan fingerprint density at radius 2 is 2.37 bits per heavy atom. The molecular formula is C13H19ClN2O2S. The number of carbonyl (C=O) groups is 1. The molecule has 1 amide bonds. The van der Waals surface area contributed by atoms with Gasteiger partial charge >= 0.3 is 0 Å². The number of ether oxygens (including phenoxy) is 1. The summed E-state index contributed by atoms with van der Waals surface area (Å²) >= 11 is 1.47. The molecule has 0 aromatic carbocycles. The van der Waals surface area contributed by atoms with Crippen LogP contribution in [0.4, 0.5) is 0 Å². The fourth-order valence-electron chi connectivity index (χ4n) is 2.93. The molecule has 0 spiro atoms. The van der Waals surface area contributed by atoms with Crippen molar-refractivity contribution < 1.29 is 9.53 Å². The van der Waals surface area contributed by atoms with Gasteiger partial charge in [0.05, 0.1) is 12.0 Å². The Bertz CT molecular complexity index is 452. The summed E-state index contributed by atoms with van der Waals surface area (Å²) in [5, 5.41) is 5.40. The molecule has 0 radical (unpaired) electrons. The van der Waals surface area contributed by atoms with Gasteiger partial charge in [-0.2, -0.15) is 0 Å². The Kier molecular flexibility index (Phi) is 4.71. The summed E-state index contributed by atoms with van der Waals surface area (Å²) in [5.74, 6) is 1.58. The number of amides is 1. The van der Waals surface area contributed by atoms with Crippen LogP contribution in [-0.2, 0) is 0 Å². The second kappa shape index (κ2) is 6.11. The Morgan fingerprint density at radius 1 is 1.53 bits per heavy atom. The number of methoxy groups -OCH3 is 1. The van der Waals surface area contributed by atoms with Gasteiger partial charge in [0, 0.05) is 30.6 Å². The molecule has 4 nitrogen and oxygen atoms in total. The lowest BCUT2D eigenvalue weighted by Crippen LogP contribution is -2.46. The Hall–Kier alpha value is -0.780. The van der Waals surface area contributed by atoms with Gasteiger partial charge < -0.3 is 15.0 Å². The van der Waals surface area contributed by atoms with E-state index in [2.05, 4.69) is 5.32 Å². The first kappa shape index (κ1) is 14.6. The smallest absolute Gasteiger partial charge is 0.264 e. The topological polar surface area (TPSA) is 41.6 Å². The van der Waals surface area contributed by atoms with E-state index in [0.29, 0.717) is 12.0 Å². The van der Waals surface area contributed by atoms with Crippen molar-refractivity contribution in [3.05, 3.63) is 16.3 Å². The predicted octanol–water partition coefficient (Wildman–Crippen LogP) is 2.00. The zero-order valence-electron chi connectivity index (χ0n) is 10.9. The van der Waals surface area contributed by atoms with Crippen LogP contribution in [0.2, 0.25) is 0 Å². The maximum Gasteiger partial charge on any atom is 0.264 e. The lowest BCUT2D eigenvalue weighted by molar-refractivity contribution is 0.0667. The lowest BCUT2D eigenvalue weighted by Gasteiger charge is -2.34. The molecule has 2 atom stereocenters. The normalized spacial score (nSPS) is 25.6. The quantitative estimate of drug-likeness (QED) is 0.908. The van der Waals surface area contributed by atoms with Gasteiger partial charge in [-0.3, -0.25) is 4.79 Å². The summed E-state index contributed by atoms with van der Waals surface area (Å²) < 4.78 is 5.13. The van der Waals surface area contributed by atoms with Crippen molar-refractivity contribution in [2.45, 2.75) is 18.9 Å². The zero-order chi connectivity index (χ0) is 12.5. The minimum Gasteiger partial charge on any atom is -0.496 e. The molecule has 3 rings (SSSR count). The van der Waals surface area contributed by atoms with Crippen molar-refractivity contribution in [1.82, 2.24) is 10.2 Å². The second-order valence-corrected chi connectivity index (χ2v) is 5.91. The fraction of sp³-hybridized carbons (Fsp3) is 0.615. The highest BCUT2D eigenvalue weighted by molar-refractivity contribution is 7.12. The van der Waals surface area contributed by atoms with Crippen LogP contribution in [0.15, 0.2) is 11.4 Å². The molecule has 2 unspecified atom stereocenters. The van der Waals surface area contributed by atoms with E-state index in [9.17, 15) is 4.79 Å². The van der Waals surface area contributed by atoms with Gasteiger partial charge in [0.25, 0.3) is 5.91 Å². The van der Waals surface area contributed by atoms with E-state index in [1.54, 1.807) is 7.11 Å². The molecule has 0 aliphatic carbocycles. The second-order valence-electron chi connectivity index (χ2n) is 5.00. The number of rotatable bonds is 2. The van der Waals surface area contributed by atoms with Gasteiger partial charge in [-0.05, 0) is 25.3 Å². The average Bonchev–Trinajstić information content (AvgIpc) is 3.05. The van der Waals surface area contributed by atoms with E-state index >= 15 is 0 Å². The summed E-state index contributed by atoms with van der Waals surface area (Å²) in [4.78, 5) is 15.2. The third-order valence-electron chi connectivity index (χ3n) is 3.96. The van der Waals surface area contributed by atoms with Crippen molar-refractivity contribution in [1.29, 1.82) is 0 Å². The van der Waals surface area contributed by atoms with E-state index in [1.807, 2.05) is 16.3 Å². The van der Waals surface area contributed by atoms with Gasteiger partial charge in [-0.25, -0.2) is 0 Å². The molecule has 3 heterocycles. The van der Waals surface area contributed by atoms with Crippen molar-refractivity contribution >= 4 is 29.7 Å². The van der Waals surface area contributed by atoms with Crippen LogP contribution < -0.4 is 10.1 Å². The van der Waals surface area contributed by atoms with Crippen molar-refractivity contribution in [2.75, 3.05) is 26.7 Å². The number of nitrogens with zero attached hydrogens (tertiary/aromatic N) is 1. The molecule has 2 aliphatic heterocycles. The Balaban J connectivity index is 0.00000133. The van der Waals surface area contributed by atoms with E-state index in [-0.39, 0.29) is 18.3 Å². The number of likely N-dealkylation sites (tertiary alicyclic amines) is 1. The fourth-order valence-corrected chi connectivity index (χ4v) is 3.75. The highest BCUT2D eigenvalue weighted by atomic mass is 35.5. The van der Waals surface area contributed by atoms with E-state index in [0.717, 1.165) is 36.7 Å². The summed E-state index contributed by atoms with van der Waals surface area (Å²) in [6.45, 7) is 2.87. The summed E-state index contributed by atoms with van der Waals surface area (Å²) in [6, 6.07) is 2.47. The molecule has 19 heavy (non-hydrogen) atoms. The summed E-state index contributed by atoms with van der Waals surface area (Å²) in [7, 11) is 1.63. The largest absolute Gasteiger partial charge is 0.496 e. The van der Waals surface area contributed by atoms with E-state index in [1.165, 1.54) is 17.8 Å². The van der Waals surface area contributed by atoms with E-state index in [4.69, 9.17) is 4.74 Å². The summed E-state index contributed by atoms with van der Waals surface area (Å²) in [5.41, 5.74) is 0. The molecule has 2 aliphatic rings. The molecule has 1 N–H and O–H groups in total. The van der Waals surface area contributed by atoms with Gasteiger partial charge in [0.2, 0.25) is 0 Å². The molecule has 6 heteroatoms.